The number of esters is 1. The highest BCUT2D eigenvalue weighted by Crippen LogP contribution is 2.16. The summed E-state index contributed by atoms with van der Waals surface area (Å²) in [5.41, 5.74) is -0.470. The monoisotopic (exact) mass is 370 g/mol. The van der Waals surface area contributed by atoms with E-state index in [4.69, 9.17) is 9.26 Å². The summed E-state index contributed by atoms with van der Waals surface area (Å²) in [5, 5.41) is 13.0. The van der Waals surface area contributed by atoms with E-state index in [0.717, 1.165) is 0 Å². The molecule has 9 nitrogen and oxygen atoms in total. The van der Waals surface area contributed by atoms with Crippen LogP contribution in [0.25, 0.3) is 10.8 Å². The van der Waals surface area contributed by atoms with Crippen LogP contribution in [0.5, 0.6) is 0 Å². The van der Waals surface area contributed by atoms with E-state index in [-0.39, 0.29) is 11.5 Å². The minimum Gasteiger partial charge on any atom is -0.447 e. The van der Waals surface area contributed by atoms with Gasteiger partial charge in [-0.3, -0.25) is 9.59 Å². The molecule has 1 amide bonds. The summed E-state index contributed by atoms with van der Waals surface area (Å²) in [5.74, 6) is -0.542. The number of ether oxygens (including phenoxy) is 1. The molecular weight excluding hydrogens is 352 g/mol. The quantitative estimate of drug-likeness (QED) is 0.637. The third-order valence-corrected chi connectivity index (χ3v) is 3.86. The standard InChI is InChI=1S/C18H18N4O5/c1-3-6-13(17(24)19-14-9-10(2)27-22-14)26-18(25)15-11-7-4-5-8-12(11)16(23)21-20-15/h4-5,7-9,13H,3,6H2,1-2H3,(H,21,23)(H,19,22,24). The lowest BCUT2D eigenvalue weighted by molar-refractivity contribution is -0.125. The molecule has 9 heteroatoms. The van der Waals surface area contributed by atoms with E-state index in [0.29, 0.717) is 29.4 Å². The van der Waals surface area contributed by atoms with Crippen molar-refractivity contribution in [1.82, 2.24) is 15.4 Å². The predicted molar refractivity (Wildman–Crippen MR) is 96.3 cm³/mol. The number of rotatable bonds is 6. The first-order chi connectivity index (χ1) is 13.0. The van der Waals surface area contributed by atoms with Gasteiger partial charge in [-0.1, -0.05) is 36.7 Å². The Labute approximate surface area is 153 Å². The van der Waals surface area contributed by atoms with Crippen LogP contribution in [-0.4, -0.2) is 33.3 Å². The smallest absolute Gasteiger partial charge is 0.360 e. The molecule has 0 aliphatic heterocycles. The number of aromatic amines is 1. The van der Waals surface area contributed by atoms with Crippen molar-refractivity contribution in [2.75, 3.05) is 5.32 Å². The second kappa shape index (κ2) is 7.81. The number of hydrogen-bond acceptors (Lipinski definition) is 7. The lowest BCUT2D eigenvalue weighted by Gasteiger charge is -2.16. The van der Waals surface area contributed by atoms with Gasteiger partial charge >= 0.3 is 5.97 Å². The fourth-order valence-electron chi connectivity index (χ4n) is 2.59. The van der Waals surface area contributed by atoms with Crippen molar-refractivity contribution in [3.05, 3.63) is 52.1 Å². The van der Waals surface area contributed by atoms with Gasteiger partial charge in [-0.25, -0.2) is 9.89 Å². The zero-order valence-corrected chi connectivity index (χ0v) is 14.8. The van der Waals surface area contributed by atoms with E-state index in [1.165, 1.54) is 0 Å². The molecule has 0 bridgehead atoms. The Balaban J connectivity index is 1.82. The highest BCUT2D eigenvalue weighted by atomic mass is 16.5. The summed E-state index contributed by atoms with van der Waals surface area (Å²) >= 11 is 0. The van der Waals surface area contributed by atoms with E-state index in [1.807, 2.05) is 6.92 Å². The Bertz CT molecular complexity index is 1040. The zero-order chi connectivity index (χ0) is 19.4. The fraction of sp³-hybridized carbons (Fsp3) is 0.278. The highest BCUT2D eigenvalue weighted by molar-refractivity contribution is 6.03. The van der Waals surface area contributed by atoms with Crippen LogP contribution in [0.2, 0.25) is 0 Å². The van der Waals surface area contributed by atoms with Crippen LogP contribution < -0.4 is 10.9 Å². The second-order valence-electron chi connectivity index (χ2n) is 5.94. The lowest BCUT2D eigenvalue weighted by Crippen LogP contribution is -2.33. The minimum atomic E-state index is -1.04. The van der Waals surface area contributed by atoms with Gasteiger partial charge in [0.1, 0.15) is 5.76 Å². The summed E-state index contributed by atoms with van der Waals surface area (Å²) in [6.45, 7) is 3.56. The highest BCUT2D eigenvalue weighted by Gasteiger charge is 2.26. The molecule has 0 aliphatic rings. The average molecular weight is 370 g/mol. The fourth-order valence-corrected chi connectivity index (χ4v) is 2.59. The van der Waals surface area contributed by atoms with Gasteiger partial charge in [0.2, 0.25) is 0 Å². The van der Waals surface area contributed by atoms with Crippen molar-refractivity contribution in [3.8, 4) is 0 Å². The number of H-pyrrole nitrogens is 1. The summed E-state index contributed by atoms with van der Waals surface area (Å²) in [4.78, 5) is 36.9. The molecule has 140 valence electrons. The second-order valence-corrected chi connectivity index (χ2v) is 5.94. The number of carbonyl (C=O) groups excluding carboxylic acids is 2. The number of nitrogens with zero attached hydrogens (tertiary/aromatic N) is 2. The van der Waals surface area contributed by atoms with Gasteiger partial charge in [-0.05, 0) is 19.4 Å². The molecule has 1 aromatic carbocycles. The van der Waals surface area contributed by atoms with Gasteiger partial charge in [0.05, 0.1) is 5.39 Å². The average Bonchev–Trinajstić information content (AvgIpc) is 3.06. The Morgan fingerprint density at radius 3 is 2.70 bits per heavy atom. The van der Waals surface area contributed by atoms with Crippen LogP contribution in [0, 0.1) is 6.92 Å². The summed E-state index contributed by atoms with van der Waals surface area (Å²) in [7, 11) is 0. The van der Waals surface area contributed by atoms with Gasteiger partial charge in [0.15, 0.2) is 17.6 Å². The molecule has 2 aromatic heterocycles. The molecule has 0 saturated heterocycles. The number of benzene rings is 1. The SMILES string of the molecule is CCCC(OC(=O)c1n[nH]c(=O)c2ccccc12)C(=O)Nc1cc(C)on1. The van der Waals surface area contributed by atoms with Gasteiger partial charge < -0.3 is 14.6 Å². The normalized spacial score (nSPS) is 11.9. The molecule has 3 rings (SSSR count). The van der Waals surface area contributed by atoms with E-state index in [2.05, 4.69) is 20.7 Å². The van der Waals surface area contributed by atoms with Crippen LogP contribution >= 0.6 is 0 Å². The molecule has 27 heavy (non-hydrogen) atoms. The minimum absolute atomic E-state index is 0.0589. The number of anilines is 1. The maximum atomic E-state index is 12.6. The number of hydrogen-bond donors (Lipinski definition) is 2. The number of aryl methyl sites for hydroxylation is 1. The first-order valence-corrected chi connectivity index (χ1v) is 8.42. The van der Waals surface area contributed by atoms with E-state index in [1.54, 1.807) is 37.3 Å². The molecule has 2 heterocycles. The van der Waals surface area contributed by atoms with Crippen molar-refractivity contribution in [3.63, 3.8) is 0 Å². The third kappa shape index (κ3) is 4.02. The van der Waals surface area contributed by atoms with Crippen molar-refractivity contribution in [2.24, 2.45) is 0 Å². The van der Waals surface area contributed by atoms with Crippen molar-refractivity contribution < 1.29 is 18.8 Å². The molecule has 0 spiro atoms. The predicted octanol–water partition coefficient (Wildman–Crippen LogP) is 2.18. The molecule has 1 atom stereocenters. The topological polar surface area (TPSA) is 127 Å². The Morgan fingerprint density at radius 1 is 1.30 bits per heavy atom. The Morgan fingerprint density at radius 2 is 2.04 bits per heavy atom. The molecule has 1 unspecified atom stereocenters. The third-order valence-electron chi connectivity index (χ3n) is 3.86. The van der Waals surface area contributed by atoms with E-state index in [9.17, 15) is 14.4 Å². The van der Waals surface area contributed by atoms with Crippen molar-refractivity contribution in [2.45, 2.75) is 32.8 Å². The summed E-state index contributed by atoms with van der Waals surface area (Å²) < 4.78 is 10.3. The number of nitrogens with one attached hydrogen (secondary N) is 2. The molecule has 0 aliphatic carbocycles. The Hall–Kier alpha value is -3.49. The van der Waals surface area contributed by atoms with Crippen molar-refractivity contribution >= 4 is 28.5 Å². The number of amides is 1. The van der Waals surface area contributed by atoms with Crippen LogP contribution in [0.3, 0.4) is 0 Å². The van der Waals surface area contributed by atoms with Gasteiger partial charge in [-0.15, -0.1) is 0 Å². The van der Waals surface area contributed by atoms with E-state index < -0.39 is 23.5 Å². The first-order valence-electron chi connectivity index (χ1n) is 8.42. The van der Waals surface area contributed by atoms with Crippen LogP contribution in [0.4, 0.5) is 5.82 Å². The molecule has 3 aromatic rings. The number of aromatic nitrogens is 3. The van der Waals surface area contributed by atoms with Crippen LogP contribution in [0.15, 0.2) is 39.6 Å². The van der Waals surface area contributed by atoms with Gasteiger partial charge in [0, 0.05) is 11.5 Å². The van der Waals surface area contributed by atoms with Gasteiger partial charge in [-0.2, -0.15) is 5.10 Å². The largest absolute Gasteiger partial charge is 0.447 e. The lowest BCUT2D eigenvalue weighted by atomic mass is 10.1. The van der Waals surface area contributed by atoms with Crippen molar-refractivity contribution in [1.29, 1.82) is 0 Å². The molecule has 0 radical (unpaired) electrons. The molecule has 0 saturated carbocycles. The Kier molecular flexibility index (Phi) is 5.30. The maximum Gasteiger partial charge on any atom is 0.360 e. The maximum absolute atomic E-state index is 12.6. The molecule has 0 fully saturated rings. The first kappa shape index (κ1) is 18.3. The summed E-state index contributed by atoms with van der Waals surface area (Å²) in [6, 6.07) is 8.10. The van der Waals surface area contributed by atoms with Crippen LogP contribution in [-0.2, 0) is 9.53 Å². The number of fused-ring (bicyclic) bond motifs is 1. The molecular formula is C18H18N4O5. The van der Waals surface area contributed by atoms with Crippen LogP contribution in [0.1, 0.15) is 36.0 Å². The summed E-state index contributed by atoms with van der Waals surface area (Å²) in [6.07, 6.45) is -0.106. The van der Waals surface area contributed by atoms with E-state index >= 15 is 0 Å². The zero-order valence-electron chi connectivity index (χ0n) is 14.8. The molecule has 2 N–H and O–H groups in total. The van der Waals surface area contributed by atoms with Gasteiger partial charge in [0.25, 0.3) is 11.5 Å². The number of carbonyl (C=O) groups is 2.